The van der Waals surface area contributed by atoms with E-state index in [0.29, 0.717) is 12.5 Å². The zero-order chi connectivity index (χ0) is 14.1. The van der Waals surface area contributed by atoms with Crippen molar-refractivity contribution in [1.82, 2.24) is 5.32 Å². The molecule has 1 N–H and O–H groups in total. The smallest absolute Gasteiger partial charge is 0.166 e. The van der Waals surface area contributed by atoms with Crippen LogP contribution < -0.4 is 14.8 Å². The Morgan fingerprint density at radius 2 is 2.11 bits per heavy atom. The SMILES string of the molecule is CC=CCOc1c(CNCC(C)C)cccc1OC. The van der Waals surface area contributed by atoms with Gasteiger partial charge in [-0.15, -0.1) is 0 Å². The largest absolute Gasteiger partial charge is 0.493 e. The Labute approximate surface area is 116 Å². The van der Waals surface area contributed by atoms with E-state index < -0.39 is 0 Å². The van der Waals surface area contributed by atoms with Gasteiger partial charge in [0.15, 0.2) is 11.5 Å². The van der Waals surface area contributed by atoms with Gasteiger partial charge in [0.2, 0.25) is 0 Å². The van der Waals surface area contributed by atoms with E-state index in [9.17, 15) is 0 Å². The van der Waals surface area contributed by atoms with Crippen molar-refractivity contribution in [2.45, 2.75) is 27.3 Å². The second-order valence-electron chi connectivity index (χ2n) is 4.85. The minimum absolute atomic E-state index is 0.564. The first-order valence-corrected chi connectivity index (χ1v) is 6.79. The van der Waals surface area contributed by atoms with Crippen molar-refractivity contribution in [2.75, 3.05) is 20.3 Å². The zero-order valence-corrected chi connectivity index (χ0v) is 12.4. The first-order valence-electron chi connectivity index (χ1n) is 6.79. The molecule has 0 aliphatic rings. The molecule has 0 atom stereocenters. The summed E-state index contributed by atoms with van der Waals surface area (Å²) in [6.07, 6.45) is 3.96. The van der Waals surface area contributed by atoms with Crippen molar-refractivity contribution in [3.63, 3.8) is 0 Å². The van der Waals surface area contributed by atoms with Crippen molar-refractivity contribution in [1.29, 1.82) is 0 Å². The van der Waals surface area contributed by atoms with Crippen LogP contribution in [0.5, 0.6) is 11.5 Å². The maximum atomic E-state index is 5.81. The highest BCUT2D eigenvalue weighted by molar-refractivity contribution is 5.46. The van der Waals surface area contributed by atoms with Crippen LogP contribution in [0.4, 0.5) is 0 Å². The molecule has 0 saturated carbocycles. The van der Waals surface area contributed by atoms with Crippen molar-refractivity contribution >= 4 is 0 Å². The monoisotopic (exact) mass is 263 g/mol. The topological polar surface area (TPSA) is 30.5 Å². The Kier molecular flexibility index (Phi) is 7.04. The molecule has 3 nitrogen and oxygen atoms in total. The summed E-state index contributed by atoms with van der Waals surface area (Å²) in [5.41, 5.74) is 1.13. The molecule has 0 spiro atoms. The molecule has 0 amide bonds. The van der Waals surface area contributed by atoms with Crippen LogP contribution >= 0.6 is 0 Å². The predicted molar refractivity (Wildman–Crippen MR) is 79.8 cm³/mol. The standard InChI is InChI=1S/C16H25NO2/c1-5-6-10-19-16-14(12-17-11-13(2)3)8-7-9-15(16)18-4/h5-9,13,17H,10-12H2,1-4H3. The molecule has 19 heavy (non-hydrogen) atoms. The van der Waals surface area contributed by atoms with Gasteiger partial charge in [-0.2, -0.15) is 0 Å². The number of hydrogen-bond acceptors (Lipinski definition) is 3. The van der Waals surface area contributed by atoms with E-state index in [2.05, 4.69) is 25.2 Å². The van der Waals surface area contributed by atoms with Gasteiger partial charge in [0, 0.05) is 12.1 Å². The minimum atomic E-state index is 0.564. The van der Waals surface area contributed by atoms with Crippen LogP contribution in [0.15, 0.2) is 30.4 Å². The first kappa shape index (κ1) is 15.6. The minimum Gasteiger partial charge on any atom is -0.493 e. The Morgan fingerprint density at radius 1 is 1.32 bits per heavy atom. The molecule has 0 saturated heterocycles. The molecule has 1 aromatic rings. The van der Waals surface area contributed by atoms with Gasteiger partial charge in [-0.3, -0.25) is 0 Å². The number of ether oxygens (including phenoxy) is 2. The van der Waals surface area contributed by atoms with Crippen LogP contribution in [0.2, 0.25) is 0 Å². The van der Waals surface area contributed by atoms with Crippen LogP contribution in [0.25, 0.3) is 0 Å². The fourth-order valence-electron chi connectivity index (χ4n) is 1.75. The number of para-hydroxylation sites is 1. The molecule has 0 aliphatic heterocycles. The van der Waals surface area contributed by atoms with Crippen molar-refractivity contribution in [3.8, 4) is 11.5 Å². The Bertz CT molecular complexity index is 400. The molecule has 106 valence electrons. The summed E-state index contributed by atoms with van der Waals surface area (Å²) >= 11 is 0. The fraction of sp³-hybridized carbons (Fsp3) is 0.500. The Hall–Kier alpha value is -1.48. The molecule has 0 bridgehead atoms. The van der Waals surface area contributed by atoms with Gasteiger partial charge < -0.3 is 14.8 Å². The maximum absolute atomic E-state index is 5.81. The molecule has 0 aromatic heterocycles. The summed E-state index contributed by atoms with van der Waals surface area (Å²) in [5.74, 6) is 2.26. The van der Waals surface area contributed by atoms with Gasteiger partial charge in [-0.1, -0.05) is 38.1 Å². The van der Waals surface area contributed by atoms with Crippen molar-refractivity contribution in [2.24, 2.45) is 5.92 Å². The number of allylic oxidation sites excluding steroid dienone is 1. The molecule has 0 fully saturated rings. The summed E-state index contributed by atoms with van der Waals surface area (Å²) < 4.78 is 11.2. The van der Waals surface area contributed by atoms with E-state index in [-0.39, 0.29) is 0 Å². The molecule has 0 heterocycles. The average Bonchev–Trinajstić information content (AvgIpc) is 2.39. The van der Waals surface area contributed by atoms with Crippen LogP contribution in [-0.2, 0) is 6.54 Å². The van der Waals surface area contributed by atoms with E-state index in [0.717, 1.165) is 30.2 Å². The van der Waals surface area contributed by atoms with E-state index in [4.69, 9.17) is 9.47 Å². The number of hydrogen-bond donors (Lipinski definition) is 1. The second kappa shape index (κ2) is 8.59. The first-order chi connectivity index (χ1) is 9.19. The van der Waals surface area contributed by atoms with Gasteiger partial charge in [0.1, 0.15) is 6.61 Å². The summed E-state index contributed by atoms with van der Waals surface area (Å²) in [5, 5.41) is 3.43. The highest BCUT2D eigenvalue weighted by Crippen LogP contribution is 2.31. The van der Waals surface area contributed by atoms with Crippen LogP contribution in [0.3, 0.4) is 0 Å². The highest BCUT2D eigenvalue weighted by atomic mass is 16.5. The fourth-order valence-corrected chi connectivity index (χ4v) is 1.75. The van der Waals surface area contributed by atoms with E-state index >= 15 is 0 Å². The molecule has 0 radical (unpaired) electrons. The van der Waals surface area contributed by atoms with E-state index in [1.54, 1.807) is 7.11 Å². The highest BCUT2D eigenvalue weighted by Gasteiger charge is 2.09. The lowest BCUT2D eigenvalue weighted by Crippen LogP contribution is -2.19. The molecule has 0 unspecified atom stereocenters. The lowest BCUT2D eigenvalue weighted by molar-refractivity contribution is 0.321. The number of nitrogens with one attached hydrogen (secondary N) is 1. The maximum Gasteiger partial charge on any atom is 0.166 e. The predicted octanol–water partition coefficient (Wildman–Crippen LogP) is 3.40. The second-order valence-corrected chi connectivity index (χ2v) is 4.85. The summed E-state index contributed by atoms with van der Waals surface area (Å²) in [7, 11) is 1.67. The lowest BCUT2D eigenvalue weighted by atomic mass is 10.1. The van der Waals surface area contributed by atoms with Gasteiger partial charge in [0.25, 0.3) is 0 Å². The van der Waals surface area contributed by atoms with Gasteiger partial charge in [-0.25, -0.2) is 0 Å². The van der Waals surface area contributed by atoms with E-state index in [1.807, 2.05) is 31.2 Å². The number of rotatable bonds is 8. The molecule has 3 heteroatoms. The van der Waals surface area contributed by atoms with Crippen LogP contribution in [-0.4, -0.2) is 20.3 Å². The molecular weight excluding hydrogens is 238 g/mol. The Morgan fingerprint density at radius 3 is 2.74 bits per heavy atom. The van der Waals surface area contributed by atoms with Crippen molar-refractivity contribution in [3.05, 3.63) is 35.9 Å². The average molecular weight is 263 g/mol. The quantitative estimate of drug-likeness (QED) is 0.729. The molecule has 1 rings (SSSR count). The van der Waals surface area contributed by atoms with Crippen molar-refractivity contribution < 1.29 is 9.47 Å². The molecule has 0 aliphatic carbocycles. The normalized spacial score (nSPS) is 11.2. The van der Waals surface area contributed by atoms with E-state index in [1.165, 1.54) is 0 Å². The van der Waals surface area contributed by atoms with Crippen LogP contribution in [0.1, 0.15) is 26.3 Å². The number of benzene rings is 1. The zero-order valence-electron chi connectivity index (χ0n) is 12.4. The van der Waals surface area contributed by atoms with Crippen LogP contribution in [0, 0.1) is 5.92 Å². The summed E-state index contributed by atoms with van der Waals surface area (Å²) in [4.78, 5) is 0. The molecular formula is C16H25NO2. The third-order valence-electron chi connectivity index (χ3n) is 2.71. The number of methoxy groups -OCH3 is 1. The van der Waals surface area contributed by atoms with Gasteiger partial charge in [-0.05, 0) is 25.5 Å². The Balaban J connectivity index is 2.76. The van der Waals surface area contributed by atoms with Gasteiger partial charge >= 0.3 is 0 Å². The lowest BCUT2D eigenvalue weighted by Gasteiger charge is -2.15. The third kappa shape index (κ3) is 5.35. The summed E-state index contributed by atoms with van der Waals surface area (Å²) in [6.45, 7) is 8.72. The molecule has 1 aromatic carbocycles. The third-order valence-corrected chi connectivity index (χ3v) is 2.71. The summed E-state index contributed by atoms with van der Waals surface area (Å²) in [6, 6.07) is 5.99. The van der Waals surface area contributed by atoms with Gasteiger partial charge in [0.05, 0.1) is 7.11 Å².